The molecule has 1 aromatic heterocycles. The van der Waals surface area contributed by atoms with E-state index in [0.717, 1.165) is 0 Å². The van der Waals surface area contributed by atoms with Crippen molar-refractivity contribution in [3.63, 3.8) is 0 Å². The number of nitrogen functional groups attached to an aromatic ring is 1. The van der Waals surface area contributed by atoms with Crippen LogP contribution in [0.5, 0.6) is 0 Å². The van der Waals surface area contributed by atoms with Crippen LogP contribution in [0, 0.1) is 17.6 Å². The van der Waals surface area contributed by atoms with Gasteiger partial charge in [-0.05, 0) is 0 Å². The summed E-state index contributed by atoms with van der Waals surface area (Å²) in [5.41, 5.74) is 1.73. The molecule has 0 saturated carbocycles. The standard InChI is InChI=1S/C5H3ClF3N3/c6-1-2(7)4(9)11-5(12-10)3(1)8/h10H2,(H,11,12). The van der Waals surface area contributed by atoms with Crippen molar-refractivity contribution >= 4 is 17.4 Å². The molecule has 0 bridgehead atoms. The Kier molecular flexibility index (Phi) is 2.39. The highest BCUT2D eigenvalue weighted by molar-refractivity contribution is 6.31. The molecule has 0 aliphatic rings. The summed E-state index contributed by atoms with van der Waals surface area (Å²) >= 11 is 5.04. The Bertz CT molecular complexity index is 317. The van der Waals surface area contributed by atoms with Crippen LogP contribution in [-0.2, 0) is 0 Å². The van der Waals surface area contributed by atoms with Crippen molar-refractivity contribution in [3.8, 4) is 0 Å². The Morgan fingerprint density at radius 1 is 1.25 bits per heavy atom. The van der Waals surface area contributed by atoms with Crippen LogP contribution >= 0.6 is 11.6 Å². The molecule has 0 unspecified atom stereocenters. The lowest BCUT2D eigenvalue weighted by Crippen LogP contribution is -2.12. The molecular formula is C5H3ClF3N3. The Labute approximate surface area is 70.3 Å². The van der Waals surface area contributed by atoms with Gasteiger partial charge in [-0.2, -0.15) is 9.37 Å². The summed E-state index contributed by atoms with van der Waals surface area (Å²) in [6, 6.07) is 0. The van der Waals surface area contributed by atoms with E-state index in [2.05, 4.69) is 4.98 Å². The number of pyridine rings is 1. The summed E-state index contributed by atoms with van der Waals surface area (Å²) < 4.78 is 37.5. The summed E-state index contributed by atoms with van der Waals surface area (Å²) in [6.07, 6.45) is 0. The molecule has 0 spiro atoms. The molecule has 1 rings (SSSR count). The third-order valence-corrected chi connectivity index (χ3v) is 1.45. The number of nitrogens with zero attached hydrogens (tertiary/aromatic N) is 1. The highest BCUT2D eigenvalue weighted by atomic mass is 35.5. The van der Waals surface area contributed by atoms with Gasteiger partial charge in [-0.1, -0.05) is 11.6 Å². The fourth-order valence-corrected chi connectivity index (χ4v) is 0.750. The molecule has 0 atom stereocenters. The lowest BCUT2D eigenvalue weighted by atomic mass is 10.4. The van der Waals surface area contributed by atoms with Gasteiger partial charge in [-0.15, -0.1) is 0 Å². The minimum atomic E-state index is -1.53. The number of halogens is 4. The predicted molar refractivity (Wildman–Crippen MR) is 36.9 cm³/mol. The quantitative estimate of drug-likeness (QED) is 0.407. The maximum Gasteiger partial charge on any atom is 0.252 e. The van der Waals surface area contributed by atoms with Crippen LogP contribution < -0.4 is 11.3 Å². The monoisotopic (exact) mass is 197 g/mol. The van der Waals surface area contributed by atoms with E-state index in [9.17, 15) is 13.2 Å². The zero-order valence-corrected chi connectivity index (χ0v) is 6.29. The predicted octanol–water partition coefficient (Wildman–Crippen LogP) is 1.44. The first-order valence-corrected chi connectivity index (χ1v) is 3.12. The van der Waals surface area contributed by atoms with Crippen LogP contribution in [0.2, 0.25) is 5.02 Å². The number of hydrogen-bond acceptors (Lipinski definition) is 3. The Morgan fingerprint density at radius 2 is 1.83 bits per heavy atom. The fourth-order valence-electron chi connectivity index (χ4n) is 0.583. The second-order valence-electron chi connectivity index (χ2n) is 1.84. The molecule has 0 saturated heterocycles. The van der Waals surface area contributed by atoms with Gasteiger partial charge >= 0.3 is 0 Å². The van der Waals surface area contributed by atoms with E-state index in [-0.39, 0.29) is 0 Å². The number of rotatable bonds is 1. The van der Waals surface area contributed by atoms with Gasteiger partial charge in [0.15, 0.2) is 17.5 Å². The Balaban J connectivity index is 3.39. The minimum absolute atomic E-state index is 0.640. The van der Waals surface area contributed by atoms with Crippen LogP contribution in [0.25, 0.3) is 0 Å². The average molecular weight is 198 g/mol. The molecule has 12 heavy (non-hydrogen) atoms. The smallest absolute Gasteiger partial charge is 0.252 e. The van der Waals surface area contributed by atoms with Crippen LogP contribution in [0.4, 0.5) is 19.0 Å². The lowest BCUT2D eigenvalue weighted by Gasteiger charge is -2.03. The summed E-state index contributed by atoms with van der Waals surface area (Å²) in [5.74, 6) is -0.165. The third-order valence-electron chi connectivity index (χ3n) is 1.12. The molecule has 0 aromatic carbocycles. The van der Waals surface area contributed by atoms with E-state index >= 15 is 0 Å². The summed E-state index contributed by atoms with van der Waals surface area (Å²) in [7, 11) is 0. The molecule has 0 amide bonds. The Hall–Kier alpha value is -1.01. The van der Waals surface area contributed by atoms with Gasteiger partial charge in [0.2, 0.25) is 0 Å². The molecule has 0 fully saturated rings. The molecule has 0 aliphatic carbocycles. The highest BCUT2D eigenvalue weighted by Gasteiger charge is 2.17. The number of nitrogens with two attached hydrogens (primary N) is 1. The number of hydrazine groups is 1. The summed E-state index contributed by atoms with van der Waals surface area (Å²) in [4.78, 5) is 2.81. The largest absolute Gasteiger partial charge is 0.306 e. The van der Waals surface area contributed by atoms with Crippen LogP contribution in [-0.4, -0.2) is 4.98 Å². The summed E-state index contributed by atoms with van der Waals surface area (Å²) in [6.45, 7) is 0. The number of aromatic nitrogens is 1. The third kappa shape index (κ3) is 1.30. The SMILES string of the molecule is NNc1nc(F)c(F)c(Cl)c1F. The van der Waals surface area contributed by atoms with Crippen molar-refractivity contribution in [3.05, 3.63) is 22.6 Å². The first kappa shape index (κ1) is 9.08. The fraction of sp³-hybridized carbons (Fsp3) is 0. The van der Waals surface area contributed by atoms with Gasteiger partial charge in [0.25, 0.3) is 5.95 Å². The van der Waals surface area contributed by atoms with E-state index in [1.165, 1.54) is 0 Å². The van der Waals surface area contributed by atoms with E-state index in [1.54, 1.807) is 5.43 Å². The first-order valence-electron chi connectivity index (χ1n) is 2.74. The first-order chi connectivity index (χ1) is 5.57. The van der Waals surface area contributed by atoms with Crippen LogP contribution in [0.1, 0.15) is 0 Å². The van der Waals surface area contributed by atoms with Crippen molar-refractivity contribution in [1.29, 1.82) is 0 Å². The van der Waals surface area contributed by atoms with Crippen molar-refractivity contribution in [2.45, 2.75) is 0 Å². The molecular weight excluding hydrogens is 195 g/mol. The van der Waals surface area contributed by atoms with Crippen LogP contribution in [0.15, 0.2) is 0 Å². The van der Waals surface area contributed by atoms with Gasteiger partial charge in [-0.25, -0.2) is 14.6 Å². The van der Waals surface area contributed by atoms with Crippen molar-refractivity contribution < 1.29 is 13.2 Å². The van der Waals surface area contributed by atoms with Gasteiger partial charge in [0, 0.05) is 0 Å². The lowest BCUT2D eigenvalue weighted by molar-refractivity contribution is 0.467. The van der Waals surface area contributed by atoms with E-state index in [4.69, 9.17) is 17.4 Å². The zero-order chi connectivity index (χ0) is 9.30. The highest BCUT2D eigenvalue weighted by Crippen LogP contribution is 2.24. The zero-order valence-electron chi connectivity index (χ0n) is 5.54. The molecule has 0 radical (unpaired) electrons. The van der Waals surface area contributed by atoms with Crippen molar-refractivity contribution in [1.82, 2.24) is 4.98 Å². The molecule has 0 aliphatic heterocycles. The van der Waals surface area contributed by atoms with Crippen molar-refractivity contribution in [2.24, 2.45) is 5.84 Å². The number of nitrogens with one attached hydrogen (secondary N) is 1. The van der Waals surface area contributed by atoms with Gasteiger partial charge in [0.1, 0.15) is 5.02 Å². The van der Waals surface area contributed by atoms with Gasteiger partial charge in [-0.3, -0.25) is 0 Å². The molecule has 7 heteroatoms. The summed E-state index contributed by atoms with van der Waals surface area (Å²) in [5, 5.41) is -0.976. The van der Waals surface area contributed by atoms with Crippen molar-refractivity contribution in [2.75, 3.05) is 5.43 Å². The topological polar surface area (TPSA) is 50.9 Å². The van der Waals surface area contributed by atoms with Crippen LogP contribution in [0.3, 0.4) is 0 Å². The van der Waals surface area contributed by atoms with E-state index in [1.807, 2.05) is 0 Å². The normalized spacial score (nSPS) is 10.1. The Morgan fingerprint density at radius 3 is 2.33 bits per heavy atom. The second kappa shape index (κ2) is 3.16. The average Bonchev–Trinajstić information content (AvgIpc) is 2.08. The second-order valence-corrected chi connectivity index (χ2v) is 2.22. The van der Waals surface area contributed by atoms with Gasteiger partial charge < -0.3 is 5.43 Å². The van der Waals surface area contributed by atoms with Gasteiger partial charge in [0.05, 0.1) is 0 Å². The minimum Gasteiger partial charge on any atom is -0.306 e. The number of anilines is 1. The van der Waals surface area contributed by atoms with E-state index in [0.29, 0.717) is 0 Å². The molecule has 66 valence electrons. The molecule has 1 heterocycles. The van der Waals surface area contributed by atoms with E-state index < -0.39 is 28.4 Å². The maximum atomic E-state index is 12.7. The molecule has 1 aromatic rings. The maximum absolute atomic E-state index is 12.7. The molecule has 3 N–H and O–H groups in total. The number of hydrogen-bond donors (Lipinski definition) is 2. The molecule has 3 nitrogen and oxygen atoms in total.